The molecule has 1 aromatic carbocycles. The number of para-hydroxylation sites is 1. The monoisotopic (exact) mass is 317 g/mol. The number of aliphatic hydroxyl groups is 1. The number of nitrogens with one attached hydrogen (secondary N) is 1. The van der Waals surface area contributed by atoms with Crippen molar-refractivity contribution in [2.75, 3.05) is 6.61 Å². The quantitative estimate of drug-likeness (QED) is 0.868. The van der Waals surface area contributed by atoms with Crippen molar-refractivity contribution in [1.82, 2.24) is 5.32 Å². The van der Waals surface area contributed by atoms with Crippen LogP contribution < -0.4 is 10.1 Å². The average molecular weight is 317 g/mol. The van der Waals surface area contributed by atoms with Gasteiger partial charge in [-0.2, -0.15) is 0 Å². The second-order valence-electron chi connectivity index (χ2n) is 5.87. The second kappa shape index (κ2) is 7.33. The molecule has 2 N–H and O–H groups in total. The van der Waals surface area contributed by atoms with Crippen LogP contribution in [0.2, 0.25) is 0 Å². The molecule has 1 unspecified atom stereocenters. The molecule has 1 aliphatic rings. The lowest BCUT2D eigenvalue weighted by Crippen LogP contribution is -2.35. The Morgan fingerprint density at radius 3 is 2.45 bits per heavy atom. The first-order valence-electron chi connectivity index (χ1n) is 7.60. The molecule has 22 heavy (non-hydrogen) atoms. The van der Waals surface area contributed by atoms with E-state index in [-0.39, 0.29) is 24.4 Å². The molecule has 1 aliphatic carbocycles. The van der Waals surface area contributed by atoms with Gasteiger partial charge in [0.05, 0.1) is 0 Å². The molecule has 1 atom stereocenters. The molecule has 6 heteroatoms. The molecule has 0 spiro atoms. The van der Waals surface area contributed by atoms with Gasteiger partial charge in [-0.3, -0.25) is 0 Å². The van der Waals surface area contributed by atoms with Crippen molar-refractivity contribution in [1.29, 1.82) is 0 Å². The summed E-state index contributed by atoms with van der Waals surface area (Å²) in [4.78, 5) is 0. The minimum Gasteiger partial charge on any atom is -0.405 e. The van der Waals surface area contributed by atoms with Crippen LogP contribution in [0.4, 0.5) is 13.2 Å². The highest BCUT2D eigenvalue weighted by Crippen LogP contribution is 2.32. The molecule has 0 amide bonds. The molecular weight excluding hydrogens is 295 g/mol. The van der Waals surface area contributed by atoms with Crippen LogP contribution in [0.3, 0.4) is 0 Å². The van der Waals surface area contributed by atoms with E-state index >= 15 is 0 Å². The Labute approximate surface area is 128 Å². The number of hydrogen-bond acceptors (Lipinski definition) is 3. The normalized spacial score (nSPS) is 24.0. The molecule has 0 bridgehead atoms. The van der Waals surface area contributed by atoms with Crippen LogP contribution in [-0.2, 0) is 0 Å². The molecule has 0 aromatic heterocycles. The Morgan fingerprint density at radius 2 is 1.86 bits per heavy atom. The van der Waals surface area contributed by atoms with Crippen LogP contribution in [0.25, 0.3) is 0 Å². The SMILES string of the molecule is CC(NC1CCC(CO)CC1)c1ccccc1OC(F)(F)F. The standard InChI is InChI=1S/C16H22F3NO2/c1-11(20-13-8-6-12(10-21)7-9-13)14-4-2-3-5-15(14)22-16(17,18)19/h2-5,11-13,20-21H,6-10H2,1H3. The Morgan fingerprint density at radius 1 is 1.23 bits per heavy atom. The number of ether oxygens (including phenoxy) is 1. The van der Waals surface area contributed by atoms with Crippen LogP contribution in [0.1, 0.15) is 44.2 Å². The first kappa shape index (κ1) is 17.1. The number of rotatable bonds is 5. The van der Waals surface area contributed by atoms with Crippen molar-refractivity contribution < 1.29 is 23.0 Å². The lowest BCUT2D eigenvalue weighted by molar-refractivity contribution is -0.275. The summed E-state index contributed by atoms with van der Waals surface area (Å²) < 4.78 is 41.5. The van der Waals surface area contributed by atoms with Crippen LogP contribution in [0, 0.1) is 5.92 Å². The Balaban J connectivity index is 1.99. The van der Waals surface area contributed by atoms with Crippen LogP contribution in [0.5, 0.6) is 5.75 Å². The summed E-state index contributed by atoms with van der Waals surface area (Å²) in [7, 11) is 0. The summed E-state index contributed by atoms with van der Waals surface area (Å²) in [5.74, 6) is 0.202. The summed E-state index contributed by atoms with van der Waals surface area (Å²) >= 11 is 0. The number of alkyl halides is 3. The zero-order valence-corrected chi connectivity index (χ0v) is 12.6. The largest absolute Gasteiger partial charge is 0.573 e. The molecule has 1 aromatic rings. The molecule has 0 heterocycles. The zero-order chi connectivity index (χ0) is 16.2. The summed E-state index contributed by atoms with van der Waals surface area (Å²) in [6, 6.07) is 6.26. The van der Waals surface area contributed by atoms with E-state index in [1.54, 1.807) is 12.1 Å². The minimum absolute atomic E-state index is 0.154. The van der Waals surface area contributed by atoms with E-state index < -0.39 is 6.36 Å². The van der Waals surface area contributed by atoms with Crippen molar-refractivity contribution in [3.8, 4) is 5.75 Å². The first-order chi connectivity index (χ1) is 10.4. The summed E-state index contributed by atoms with van der Waals surface area (Å²) in [6.45, 7) is 2.06. The predicted molar refractivity (Wildman–Crippen MR) is 77.5 cm³/mol. The van der Waals surface area contributed by atoms with Gasteiger partial charge in [0, 0.05) is 24.3 Å². The van der Waals surface area contributed by atoms with E-state index in [2.05, 4.69) is 10.1 Å². The van der Waals surface area contributed by atoms with Gasteiger partial charge in [0.2, 0.25) is 0 Å². The highest BCUT2D eigenvalue weighted by atomic mass is 19.4. The van der Waals surface area contributed by atoms with Crippen LogP contribution >= 0.6 is 0 Å². The fourth-order valence-electron chi connectivity index (χ4n) is 3.01. The molecular formula is C16H22F3NO2. The van der Waals surface area contributed by atoms with Gasteiger partial charge in [-0.25, -0.2) is 0 Å². The molecule has 0 saturated heterocycles. The highest BCUT2D eigenvalue weighted by molar-refractivity contribution is 5.35. The van der Waals surface area contributed by atoms with Gasteiger partial charge < -0.3 is 15.2 Å². The van der Waals surface area contributed by atoms with E-state index in [0.29, 0.717) is 11.5 Å². The molecule has 2 rings (SSSR count). The van der Waals surface area contributed by atoms with E-state index in [1.807, 2.05) is 6.92 Å². The van der Waals surface area contributed by atoms with E-state index in [9.17, 15) is 13.2 Å². The van der Waals surface area contributed by atoms with Gasteiger partial charge in [-0.1, -0.05) is 18.2 Å². The first-order valence-corrected chi connectivity index (χ1v) is 7.60. The third-order valence-electron chi connectivity index (χ3n) is 4.20. The molecule has 1 fully saturated rings. The second-order valence-corrected chi connectivity index (χ2v) is 5.87. The van der Waals surface area contributed by atoms with Crippen molar-refractivity contribution >= 4 is 0 Å². The lowest BCUT2D eigenvalue weighted by atomic mass is 9.86. The maximum atomic E-state index is 12.5. The number of halogens is 3. The predicted octanol–water partition coefficient (Wildman–Crippen LogP) is 3.79. The highest BCUT2D eigenvalue weighted by Gasteiger charge is 2.32. The maximum Gasteiger partial charge on any atom is 0.573 e. The lowest BCUT2D eigenvalue weighted by Gasteiger charge is -2.31. The number of benzene rings is 1. The van der Waals surface area contributed by atoms with Crippen LogP contribution in [0.15, 0.2) is 24.3 Å². The molecule has 3 nitrogen and oxygen atoms in total. The Bertz CT molecular complexity index is 471. The fraction of sp³-hybridized carbons (Fsp3) is 0.625. The topological polar surface area (TPSA) is 41.5 Å². The third kappa shape index (κ3) is 4.88. The third-order valence-corrected chi connectivity index (χ3v) is 4.20. The van der Waals surface area contributed by atoms with Gasteiger partial charge in [-0.15, -0.1) is 13.2 Å². The summed E-state index contributed by atoms with van der Waals surface area (Å²) in [5.41, 5.74) is 0.504. The van der Waals surface area contributed by atoms with E-state index in [4.69, 9.17) is 5.11 Å². The number of hydrogen-bond donors (Lipinski definition) is 2. The van der Waals surface area contributed by atoms with Gasteiger partial charge in [0.1, 0.15) is 5.75 Å². The van der Waals surface area contributed by atoms with Crippen molar-refractivity contribution in [3.05, 3.63) is 29.8 Å². The average Bonchev–Trinajstić information content (AvgIpc) is 2.47. The smallest absolute Gasteiger partial charge is 0.405 e. The van der Waals surface area contributed by atoms with Gasteiger partial charge in [0.15, 0.2) is 0 Å². The fourth-order valence-corrected chi connectivity index (χ4v) is 3.01. The van der Waals surface area contributed by atoms with Crippen molar-refractivity contribution in [2.24, 2.45) is 5.92 Å². The molecule has 1 saturated carbocycles. The van der Waals surface area contributed by atoms with Crippen molar-refractivity contribution in [2.45, 2.75) is 51.1 Å². The Hall–Kier alpha value is -1.27. The molecule has 0 aliphatic heterocycles. The molecule has 0 radical (unpaired) electrons. The summed E-state index contributed by atoms with van der Waals surface area (Å²) in [6.07, 6.45) is -0.937. The maximum absolute atomic E-state index is 12.5. The van der Waals surface area contributed by atoms with Crippen molar-refractivity contribution in [3.63, 3.8) is 0 Å². The molecule has 124 valence electrons. The van der Waals surface area contributed by atoms with E-state index in [0.717, 1.165) is 25.7 Å². The zero-order valence-electron chi connectivity index (χ0n) is 12.6. The number of aliphatic hydroxyl groups excluding tert-OH is 1. The van der Waals surface area contributed by atoms with Crippen LogP contribution in [-0.4, -0.2) is 24.1 Å². The van der Waals surface area contributed by atoms with Gasteiger partial charge >= 0.3 is 6.36 Å². The van der Waals surface area contributed by atoms with Gasteiger partial charge in [0.25, 0.3) is 0 Å². The van der Waals surface area contributed by atoms with Gasteiger partial charge in [-0.05, 0) is 44.6 Å². The van der Waals surface area contributed by atoms with E-state index in [1.165, 1.54) is 12.1 Å². The summed E-state index contributed by atoms with van der Waals surface area (Å²) in [5, 5.41) is 12.5. The Kier molecular flexibility index (Phi) is 5.69. The minimum atomic E-state index is -4.69.